The molecule has 0 aliphatic carbocycles. The lowest BCUT2D eigenvalue weighted by Gasteiger charge is -2.02. The summed E-state index contributed by atoms with van der Waals surface area (Å²) in [4.78, 5) is 0. The van der Waals surface area contributed by atoms with Gasteiger partial charge in [-0.3, -0.25) is 0 Å². The topological polar surface area (TPSA) is 6.48 Å². The van der Waals surface area contributed by atoms with Gasteiger partial charge < -0.3 is 0 Å². The highest BCUT2D eigenvalue weighted by atomic mass is 19.2. The van der Waals surface area contributed by atoms with Gasteiger partial charge in [0.05, 0.1) is 11.4 Å². The van der Waals surface area contributed by atoms with E-state index in [1.807, 2.05) is 0 Å². The molecule has 1 aliphatic heterocycles. The minimum atomic E-state index is -0.334. The Kier molecular flexibility index (Phi) is 1.21. The number of anilines is 2. The van der Waals surface area contributed by atoms with Crippen molar-refractivity contribution in [2.24, 2.45) is 0 Å². The van der Waals surface area contributed by atoms with E-state index in [1.165, 1.54) is 12.1 Å². The molecule has 1 aromatic rings. The Labute approximate surface area is 62.5 Å². The average Bonchev–Trinajstić information content (AvgIpc) is 2.30. The van der Waals surface area contributed by atoms with E-state index < -0.39 is 0 Å². The third-order valence-corrected chi connectivity index (χ3v) is 1.65. The number of fused-ring (bicyclic) bond motifs is 1. The smallest absolute Gasteiger partial charge is 0.152 e. The van der Waals surface area contributed by atoms with E-state index in [0.717, 1.165) is 0 Å². The van der Waals surface area contributed by atoms with Gasteiger partial charge >= 0.3 is 0 Å². The van der Waals surface area contributed by atoms with Crippen LogP contribution < -0.4 is 10.2 Å². The molecule has 0 saturated carbocycles. The first-order valence-electron chi connectivity index (χ1n) is 3.25. The first-order valence-corrected chi connectivity index (χ1v) is 3.25. The molecule has 2 nitrogen and oxygen atoms in total. The van der Waals surface area contributed by atoms with Crippen molar-refractivity contribution in [1.82, 2.24) is 0 Å². The van der Waals surface area contributed by atoms with Crippen LogP contribution in [0.25, 0.3) is 0 Å². The number of benzene rings is 1. The third-order valence-electron chi connectivity index (χ3n) is 1.65. The summed E-state index contributed by atoms with van der Waals surface area (Å²) in [5.41, 5.74) is 0.574. The molecule has 1 aromatic carbocycles. The highest BCUT2D eigenvalue weighted by Gasteiger charge is 2.25. The fourth-order valence-corrected chi connectivity index (χ4v) is 1.14. The lowest BCUT2D eigenvalue weighted by atomic mass is 10.3. The largest absolute Gasteiger partial charge is 0.187 e. The molecule has 0 spiro atoms. The SMILES string of the molecule is FN1CN(F)c2ccccc21. The number of nitrogens with zero attached hydrogens (tertiary/aromatic N) is 2. The van der Waals surface area contributed by atoms with Gasteiger partial charge in [-0.1, -0.05) is 21.1 Å². The van der Waals surface area contributed by atoms with Gasteiger partial charge in [0, 0.05) is 0 Å². The Balaban J connectivity index is 2.52. The van der Waals surface area contributed by atoms with Crippen LogP contribution in [0.5, 0.6) is 0 Å². The number of rotatable bonds is 0. The van der Waals surface area contributed by atoms with Crippen LogP contribution in [-0.2, 0) is 0 Å². The van der Waals surface area contributed by atoms with E-state index in [-0.39, 0.29) is 18.0 Å². The van der Waals surface area contributed by atoms with Gasteiger partial charge in [0.1, 0.15) is 0 Å². The maximum absolute atomic E-state index is 12.7. The van der Waals surface area contributed by atoms with Crippen molar-refractivity contribution in [3.63, 3.8) is 0 Å². The maximum atomic E-state index is 12.7. The van der Waals surface area contributed by atoms with Gasteiger partial charge in [-0.25, -0.2) is 0 Å². The van der Waals surface area contributed by atoms with E-state index in [1.54, 1.807) is 12.1 Å². The van der Waals surface area contributed by atoms with Crippen LogP contribution in [-0.4, -0.2) is 6.67 Å². The second kappa shape index (κ2) is 2.08. The first kappa shape index (κ1) is 6.39. The van der Waals surface area contributed by atoms with Crippen LogP contribution >= 0.6 is 0 Å². The van der Waals surface area contributed by atoms with Crippen molar-refractivity contribution in [1.29, 1.82) is 0 Å². The molecular weight excluding hydrogens is 150 g/mol. The van der Waals surface area contributed by atoms with Crippen LogP contribution in [0, 0.1) is 0 Å². The average molecular weight is 156 g/mol. The van der Waals surface area contributed by atoms with Crippen LogP contribution in [0.2, 0.25) is 0 Å². The zero-order valence-corrected chi connectivity index (χ0v) is 5.67. The van der Waals surface area contributed by atoms with Gasteiger partial charge in [-0.15, -0.1) is 0 Å². The highest BCUT2D eigenvalue weighted by Crippen LogP contribution is 2.35. The maximum Gasteiger partial charge on any atom is 0.152 e. The third kappa shape index (κ3) is 0.824. The fraction of sp³-hybridized carbons (Fsp3) is 0.143. The summed E-state index contributed by atoms with van der Waals surface area (Å²) in [6.07, 6.45) is 0. The molecule has 0 N–H and O–H groups in total. The minimum absolute atomic E-state index is 0.287. The molecule has 0 bridgehead atoms. The Morgan fingerprint density at radius 2 is 1.45 bits per heavy atom. The first-order chi connectivity index (χ1) is 5.29. The molecule has 0 unspecified atom stereocenters. The molecule has 0 amide bonds. The molecule has 4 heteroatoms. The molecule has 11 heavy (non-hydrogen) atoms. The number of para-hydroxylation sites is 2. The molecular formula is C7H6F2N2. The van der Waals surface area contributed by atoms with E-state index in [9.17, 15) is 8.96 Å². The van der Waals surface area contributed by atoms with Crippen molar-refractivity contribution >= 4 is 11.4 Å². The summed E-state index contributed by atoms with van der Waals surface area (Å²) in [7, 11) is 0. The molecule has 1 aliphatic rings. The summed E-state index contributed by atoms with van der Waals surface area (Å²) in [5, 5.41) is 0.741. The standard InChI is InChI=1S/C7H6F2N2/c8-10-5-11(9)7-4-2-1-3-6(7)10/h1-4H,5H2. The Morgan fingerprint density at radius 3 is 1.91 bits per heavy atom. The van der Waals surface area contributed by atoms with Crippen LogP contribution in [0.3, 0.4) is 0 Å². The summed E-state index contributed by atoms with van der Waals surface area (Å²) >= 11 is 0. The molecule has 0 aromatic heterocycles. The van der Waals surface area contributed by atoms with Gasteiger partial charge in [0.15, 0.2) is 6.67 Å². The molecule has 0 atom stereocenters. The Bertz CT molecular complexity index is 250. The molecule has 2 rings (SSSR count). The minimum Gasteiger partial charge on any atom is -0.187 e. The summed E-state index contributed by atoms with van der Waals surface area (Å²) in [5.74, 6) is 0. The summed E-state index contributed by atoms with van der Waals surface area (Å²) in [6, 6.07) is 6.42. The van der Waals surface area contributed by atoms with Crippen molar-refractivity contribution in [2.45, 2.75) is 0 Å². The number of hydrogen-bond acceptors (Lipinski definition) is 2. The predicted octanol–water partition coefficient (Wildman–Crippen LogP) is 2.04. The molecule has 58 valence electrons. The van der Waals surface area contributed by atoms with Crippen molar-refractivity contribution in [2.75, 3.05) is 16.9 Å². The van der Waals surface area contributed by atoms with Gasteiger partial charge in [-0.05, 0) is 12.1 Å². The quantitative estimate of drug-likeness (QED) is 0.530. The Hall–Kier alpha value is -1.32. The van der Waals surface area contributed by atoms with Crippen LogP contribution in [0.4, 0.5) is 20.3 Å². The van der Waals surface area contributed by atoms with E-state index in [2.05, 4.69) is 0 Å². The molecule has 0 radical (unpaired) electrons. The van der Waals surface area contributed by atoms with E-state index >= 15 is 0 Å². The van der Waals surface area contributed by atoms with Gasteiger partial charge in [0.2, 0.25) is 0 Å². The lowest BCUT2D eigenvalue weighted by molar-refractivity contribution is 0.377. The second-order valence-corrected chi connectivity index (χ2v) is 2.35. The number of halogens is 2. The van der Waals surface area contributed by atoms with Crippen molar-refractivity contribution < 1.29 is 8.96 Å². The fourth-order valence-electron chi connectivity index (χ4n) is 1.14. The summed E-state index contributed by atoms with van der Waals surface area (Å²) in [6.45, 7) is -0.334. The highest BCUT2D eigenvalue weighted by molar-refractivity contribution is 5.73. The predicted molar refractivity (Wildman–Crippen MR) is 38.5 cm³/mol. The van der Waals surface area contributed by atoms with Crippen molar-refractivity contribution in [3.8, 4) is 0 Å². The zero-order valence-electron chi connectivity index (χ0n) is 5.67. The molecule has 0 fully saturated rings. The van der Waals surface area contributed by atoms with Crippen LogP contribution in [0.1, 0.15) is 0 Å². The zero-order chi connectivity index (χ0) is 7.84. The Morgan fingerprint density at radius 1 is 1.00 bits per heavy atom. The number of hydrogen-bond donors (Lipinski definition) is 0. The molecule has 0 saturated heterocycles. The monoisotopic (exact) mass is 156 g/mol. The van der Waals surface area contributed by atoms with E-state index in [0.29, 0.717) is 10.2 Å². The summed E-state index contributed by atoms with van der Waals surface area (Å²) < 4.78 is 25.4. The molecule has 1 heterocycles. The van der Waals surface area contributed by atoms with E-state index in [4.69, 9.17) is 0 Å². The lowest BCUT2D eigenvalue weighted by Crippen LogP contribution is -2.17. The van der Waals surface area contributed by atoms with Crippen molar-refractivity contribution in [3.05, 3.63) is 24.3 Å². The normalized spacial score (nSPS) is 15.5. The second-order valence-electron chi connectivity index (χ2n) is 2.35. The van der Waals surface area contributed by atoms with Gasteiger partial charge in [0.25, 0.3) is 0 Å². The van der Waals surface area contributed by atoms with Crippen LogP contribution in [0.15, 0.2) is 24.3 Å². The van der Waals surface area contributed by atoms with Gasteiger partial charge in [-0.2, -0.15) is 10.2 Å².